The van der Waals surface area contributed by atoms with Gasteiger partial charge in [-0.25, -0.2) is 4.98 Å². The monoisotopic (exact) mass is 353 g/mol. The fourth-order valence-corrected chi connectivity index (χ4v) is 3.40. The Morgan fingerprint density at radius 3 is 2.24 bits per heavy atom. The average Bonchev–Trinajstić information content (AvgIpc) is 2.98. The Morgan fingerprint density at radius 2 is 1.68 bits per heavy atom. The van der Waals surface area contributed by atoms with Gasteiger partial charge in [-0.2, -0.15) is 0 Å². The van der Waals surface area contributed by atoms with Gasteiger partial charge in [-0.05, 0) is 24.6 Å². The summed E-state index contributed by atoms with van der Waals surface area (Å²) in [6.45, 7) is 3.44. The third kappa shape index (κ3) is 3.72. The number of hydrogen-bond donors (Lipinski definition) is 1. The van der Waals surface area contributed by atoms with Crippen molar-refractivity contribution in [2.75, 3.05) is 5.32 Å². The molecule has 1 N–H and O–H groups in total. The SMILES string of the molecule is CC(=O)Nc1nc(-c2ccc([N+](=O)[O-])cc2)c(-c2ccc(C)cc2)s1. The molecule has 2 aromatic carbocycles. The number of benzene rings is 2. The van der Waals surface area contributed by atoms with E-state index in [1.165, 1.54) is 30.4 Å². The molecule has 3 aromatic rings. The predicted octanol–water partition coefficient (Wildman–Crippen LogP) is 4.65. The van der Waals surface area contributed by atoms with Crippen LogP contribution in [0.15, 0.2) is 48.5 Å². The Balaban J connectivity index is 2.09. The first-order valence-electron chi connectivity index (χ1n) is 7.54. The Labute approximate surface area is 148 Å². The molecule has 0 aliphatic carbocycles. The van der Waals surface area contributed by atoms with Crippen molar-refractivity contribution < 1.29 is 9.72 Å². The molecule has 0 bridgehead atoms. The number of carbonyl (C=O) groups excluding carboxylic acids is 1. The van der Waals surface area contributed by atoms with Crippen LogP contribution in [0, 0.1) is 17.0 Å². The third-order valence-corrected chi connectivity index (χ3v) is 4.60. The second-order valence-electron chi connectivity index (χ2n) is 5.55. The highest BCUT2D eigenvalue weighted by atomic mass is 32.1. The normalized spacial score (nSPS) is 10.5. The molecule has 0 saturated heterocycles. The molecule has 0 saturated carbocycles. The molecule has 7 heteroatoms. The Morgan fingerprint density at radius 1 is 1.08 bits per heavy atom. The standard InChI is InChI=1S/C18H15N3O3S/c1-11-3-5-14(6-4-11)17-16(20-18(25-17)19-12(2)22)13-7-9-15(10-8-13)21(23)24/h3-10H,1-2H3,(H,19,20,22). The van der Waals surface area contributed by atoms with E-state index in [-0.39, 0.29) is 11.6 Å². The molecule has 3 rings (SSSR count). The fourth-order valence-electron chi connectivity index (χ4n) is 2.36. The minimum Gasteiger partial charge on any atom is -0.302 e. The molecule has 0 radical (unpaired) electrons. The summed E-state index contributed by atoms with van der Waals surface area (Å²) in [5, 5.41) is 14.0. The van der Waals surface area contributed by atoms with Gasteiger partial charge in [0.1, 0.15) is 0 Å². The number of anilines is 1. The lowest BCUT2D eigenvalue weighted by molar-refractivity contribution is -0.384. The van der Waals surface area contributed by atoms with Crippen LogP contribution in [0.4, 0.5) is 10.8 Å². The number of nitro groups is 1. The summed E-state index contributed by atoms with van der Waals surface area (Å²) in [6, 6.07) is 14.2. The van der Waals surface area contributed by atoms with Crippen LogP contribution in [0.5, 0.6) is 0 Å². The summed E-state index contributed by atoms with van der Waals surface area (Å²) in [4.78, 5) is 27.2. The highest BCUT2D eigenvalue weighted by Gasteiger charge is 2.16. The topological polar surface area (TPSA) is 85.1 Å². The van der Waals surface area contributed by atoms with Crippen LogP contribution in [0.2, 0.25) is 0 Å². The van der Waals surface area contributed by atoms with Crippen molar-refractivity contribution in [2.45, 2.75) is 13.8 Å². The van der Waals surface area contributed by atoms with Crippen molar-refractivity contribution in [2.24, 2.45) is 0 Å². The molecule has 1 heterocycles. The van der Waals surface area contributed by atoms with Crippen molar-refractivity contribution >= 4 is 28.1 Å². The lowest BCUT2D eigenvalue weighted by atomic mass is 10.1. The molecule has 6 nitrogen and oxygen atoms in total. The van der Waals surface area contributed by atoms with Gasteiger partial charge in [0.25, 0.3) is 5.69 Å². The number of non-ortho nitro benzene ring substituents is 1. The summed E-state index contributed by atoms with van der Waals surface area (Å²) >= 11 is 1.38. The molecular weight excluding hydrogens is 338 g/mol. The van der Waals surface area contributed by atoms with Crippen molar-refractivity contribution in [3.63, 3.8) is 0 Å². The van der Waals surface area contributed by atoms with Crippen LogP contribution in [-0.4, -0.2) is 15.8 Å². The number of aryl methyl sites for hydroxylation is 1. The number of nitrogens with one attached hydrogen (secondary N) is 1. The van der Waals surface area contributed by atoms with Crippen molar-refractivity contribution in [1.82, 2.24) is 4.98 Å². The summed E-state index contributed by atoms with van der Waals surface area (Å²) < 4.78 is 0. The third-order valence-electron chi connectivity index (χ3n) is 3.58. The second-order valence-corrected chi connectivity index (χ2v) is 6.55. The van der Waals surface area contributed by atoms with Gasteiger partial charge in [0.2, 0.25) is 5.91 Å². The number of carbonyl (C=O) groups is 1. The van der Waals surface area contributed by atoms with Gasteiger partial charge in [0.15, 0.2) is 5.13 Å². The van der Waals surface area contributed by atoms with Gasteiger partial charge >= 0.3 is 0 Å². The van der Waals surface area contributed by atoms with E-state index in [0.717, 1.165) is 21.6 Å². The first kappa shape index (κ1) is 16.8. The Kier molecular flexibility index (Phi) is 4.58. The molecule has 0 aliphatic heterocycles. The van der Waals surface area contributed by atoms with E-state index in [2.05, 4.69) is 10.3 Å². The van der Waals surface area contributed by atoms with E-state index < -0.39 is 4.92 Å². The molecule has 1 aromatic heterocycles. The van der Waals surface area contributed by atoms with Crippen molar-refractivity contribution in [3.05, 3.63) is 64.2 Å². The maximum absolute atomic E-state index is 11.4. The second kappa shape index (κ2) is 6.82. The average molecular weight is 353 g/mol. The molecule has 0 spiro atoms. The molecule has 0 unspecified atom stereocenters. The summed E-state index contributed by atoms with van der Waals surface area (Å²) in [6.07, 6.45) is 0. The van der Waals surface area contributed by atoms with Crippen LogP contribution < -0.4 is 5.32 Å². The van der Waals surface area contributed by atoms with Gasteiger partial charge in [-0.1, -0.05) is 41.2 Å². The zero-order chi connectivity index (χ0) is 18.0. The Hall–Kier alpha value is -3.06. The summed E-state index contributed by atoms with van der Waals surface area (Å²) in [5.74, 6) is -0.195. The molecule has 0 atom stereocenters. The highest BCUT2D eigenvalue weighted by Crippen LogP contribution is 2.39. The molecule has 1 amide bonds. The smallest absolute Gasteiger partial charge is 0.269 e. The number of thiazole rings is 1. The zero-order valence-electron chi connectivity index (χ0n) is 13.6. The van der Waals surface area contributed by atoms with E-state index in [9.17, 15) is 14.9 Å². The van der Waals surface area contributed by atoms with Crippen LogP contribution in [-0.2, 0) is 4.79 Å². The molecule has 0 fully saturated rings. The van der Waals surface area contributed by atoms with Crippen LogP contribution >= 0.6 is 11.3 Å². The maximum Gasteiger partial charge on any atom is 0.269 e. The number of nitro benzene ring substituents is 1. The highest BCUT2D eigenvalue weighted by molar-refractivity contribution is 7.19. The van der Waals surface area contributed by atoms with Gasteiger partial charge in [-0.15, -0.1) is 0 Å². The number of aromatic nitrogens is 1. The number of nitrogens with zero attached hydrogens (tertiary/aromatic N) is 2. The summed E-state index contributed by atoms with van der Waals surface area (Å²) in [5.41, 5.74) is 3.60. The van der Waals surface area contributed by atoms with Crippen LogP contribution in [0.3, 0.4) is 0 Å². The molecule has 126 valence electrons. The number of rotatable bonds is 4. The van der Waals surface area contributed by atoms with Crippen LogP contribution in [0.25, 0.3) is 21.7 Å². The number of hydrogen-bond acceptors (Lipinski definition) is 5. The lowest BCUT2D eigenvalue weighted by Gasteiger charge is -2.03. The number of amides is 1. The first-order valence-corrected chi connectivity index (χ1v) is 8.36. The van der Waals surface area contributed by atoms with Crippen molar-refractivity contribution in [3.8, 4) is 21.7 Å². The maximum atomic E-state index is 11.4. The van der Waals surface area contributed by atoms with E-state index in [1.54, 1.807) is 12.1 Å². The van der Waals surface area contributed by atoms with Gasteiger partial charge in [-0.3, -0.25) is 14.9 Å². The van der Waals surface area contributed by atoms with E-state index in [0.29, 0.717) is 10.8 Å². The quantitative estimate of drug-likeness (QED) is 0.546. The van der Waals surface area contributed by atoms with Gasteiger partial charge in [0.05, 0.1) is 15.5 Å². The molecule has 0 aliphatic rings. The minimum atomic E-state index is -0.436. The van der Waals surface area contributed by atoms with Gasteiger partial charge < -0.3 is 5.32 Å². The van der Waals surface area contributed by atoms with Gasteiger partial charge in [0, 0.05) is 24.6 Å². The predicted molar refractivity (Wildman–Crippen MR) is 98.7 cm³/mol. The zero-order valence-corrected chi connectivity index (χ0v) is 14.5. The van der Waals surface area contributed by atoms with Crippen molar-refractivity contribution in [1.29, 1.82) is 0 Å². The first-order chi connectivity index (χ1) is 11.9. The fraction of sp³-hybridized carbons (Fsp3) is 0.111. The van der Waals surface area contributed by atoms with E-state index >= 15 is 0 Å². The summed E-state index contributed by atoms with van der Waals surface area (Å²) in [7, 11) is 0. The largest absolute Gasteiger partial charge is 0.302 e. The molecule has 25 heavy (non-hydrogen) atoms. The lowest BCUT2D eigenvalue weighted by Crippen LogP contribution is -2.04. The Bertz CT molecular complexity index is 931. The van der Waals surface area contributed by atoms with Crippen LogP contribution in [0.1, 0.15) is 12.5 Å². The molecular formula is C18H15N3O3S. The van der Waals surface area contributed by atoms with E-state index in [4.69, 9.17) is 0 Å². The van der Waals surface area contributed by atoms with E-state index in [1.807, 2.05) is 31.2 Å². The minimum absolute atomic E-state index is 0.0259.